The van der Waals surface area contributed by atoms with Crippen molar-refractivity contribution in [3.8, 4) is 11.3 Å². The summed E-state index contributed by atoms with van der Waals surface area (Å²) in [5.74, 6) is -0.614. The summed E-state index contributed by atoms with van der Waals surface area (Å²) >= 11 is 0. The number of ether oxygens (including phenoxy) is 1. The molecule has 1 aromatic carbocycles. The van der Waals surface area contributed by atoms with Crippen molar-refractivity contribution in [1.82, 2.24) is 19.3 Å². The summed E-state index contributed by atoms with van der Waals surface area (Å²) in [7, 11) is 0. The molecule has 2 amide bonds. The van der Waals surface area contributed by atoms with E-state index in [-0.39, 0.29) is 12.0 Å². The molecule has 33 heavy (non-hydrogen) atoms. The molecular weight excluding hydrogens is 418 g/mol. The van der Waals surface area contributed by atoms with Crippen LogP contribution in [0, 0.1) is 6.92 Å². The largest absolute Gasteiger partial charge is 0.368 e. The van der Waals surface area contributed by atoms with Gasteiger partial charge in [0.1, 0.15) is 17.4 Å². The summed E-state index contributed by atoms with van der Waals surface area (Å²) in [6.07, 6.45) is 3.29. The van der Waals surface area contributed by atoms with E-state index < -0.39 is 5.91 Å². The van der Waals surface area contributed by atoms with E-state index in [1.807, 2.05) is 53.9 Å². The molecular formula is C25H23N5O3. The van der Waals surface area contributed by atoms with Gasteiger partial charge in [-0.3, -0.25) is 9.59 Å². The number of amides is 2. The van der Waals surface area contributed by atoms with Crippen LogP contribution in [0.4, 0.5) is 0 Å². The van der Waals surface area contributed by atoms with Gasteiger partial charge >= 0.3 is 0 Å². The molecule has 8 heteroatoms. The average Bonchev–Trinajstić information content (AvgIpc) is 3.30. The fraction of sp³-hybridized carbons (Fsp3) is 0.200. The van der Waals surface area contributed by atoms with Crippen LogP contribution in [-0.4, -0.2) is 50.8 Å². The maximum absolute atomic E-state index is 13.2. The number of pyridine rings is 2. The van der Waals surface area contributed by atoms with E-state index in [1.165, 1.54) is 0 Å². The minimum Gasteiger partial charge on any atom is -0.368 e. The molecule has 0 unspecified atom stereocenters. The number of hydrogen-bond acceptors (Lipinski definition) is 5. The number of primary amides is 1. The third-order valence-electron chi connectivity index (χ3n) is 5.79. The Labute approximate surface area is 190 Å². The number of hydrogen-bond donors (Lipinski definition) is 1. The summed E-state index contributed by atoms with van der Waals surface area (Å²) in [5.41, 5.74) is 10.3. The molecule has 4 heterocycles. The first-order chi connectivity index (χ1) is 16.0. The van der Waals surface area contributed by atoms with Crippen LogP contribution in [-0.2, 0) is 4.74 Å². The van der Waals surface area contributed by atoms with E-state index in [0.717, 1.165) is 22.5 Å². The zero-order chi connectivity index (χ0) is 22.9. The number of nitrogens with zero attached hydrogens (tertiary/aromatic N) is 4. The number of nitrogens with two attached hydrogens (primary N) is 1. The van der Waals surface area contributed by atoms with Crippen molar-refractivity contribution < 1.29 is 14.3 Å². The Morgan fingerprint density at radius 3 is 2.76 bits per heavy atom. The fourth-order valence-electron chi connectivity index (χ4n) is 4.05. The van der Waals surface area contributed by atoms with Crippen LogP contribution in [0.2, 0.25) is 0 Å². The van der Waals surface area contributed by atoms with Gasteiger partial charge in [-0.1, -0.05) is 24.3 Å². The zero-order valence-electron chi connectivity index (χ0n) is 18.1. The number of fused-ring (bicyclic) bond motifs is 1. The van der Waals surface area contributed by atoms with E-state index in [4.69, 9.17) is 15.5 Å². The monoisotopic (exact) mass is 441 g/mol. The van der Waals surface area contributed by atoms with Crippen LogP contribution in [0.5, 0.6) is 0 Å². The van der Waals surface area contributed by atoms with Gasteiger partial charge in [0, 0.05) is 30.1 Å². The first-order valence-corrected chi connectivity index (χ1v) is 10.7. The van der Waals surface area contributed by atoms with Gasteiger partial charge in [0.15, 0.2) is 0 Å². The molecule has 0 saturated carbocycles. The lowest BCUT2D eigenvalue weighted by molar-refractivity contribution is -0.0248. The number of benzene rings is 1. The van der Waals surface area contributed by atoms with Crippen LogP contribution in [0.3, 0.4) is 0 Å². The standard InChI is InChI=1S/C25H23N5O3/c1-16-5-4-10-29-14-21(28-24(16)29)25(32)30-11-12-33-22(15-30)20-9-3-8-19(27-20)17-6-2-7-18(13-17)23(26)31/h2-10,13-14,22H,11-12,15H2,1H3,(H2,26,31)/t22-/m1/s1. The number of carbonyl (C=O) groups is 2. The van der Waals surface area contributed by atoms with Crippen molar-refractivity contribution in [2.45, 2.75) is 13.0 Å². The van der Waals surface area contributed by atoms with E-state index in [1.54, 1.807) is 29.3 Å². The second-order valence-corrected chi connectivity index (χ2v) is 8.05. The second-order valence-electron chi connectivity index (χ2n) is 8.05. The lowest BCUT2D eigenvalue weighted by atomic mass is 10.1. The molecule has 5 rings (SSSR count). The highest BCUT2D eigenvalue weighted by Crippen LogP contribution is 2.25. The highest BCUT2D eigenvalue weighted by atomic mass is 16.5. The minimum atomic E-state index is -0.486. The van der Waals surface area contributed by atoms with Gasteiger partial charge in [0.25, 0.3) is 5.91 Å². The van der Waals surface area contributed by atoms with Gasteiger partial charge in [-0.2, -0.15) is 0 Å². The van der Waals surface area contributed by atoms with Gasteiger partial charge in [-0.25, -0.2) is 9.97 Å². The maximum atomic E-state index is 13.2. The van der Waals surface area contributed by atoms with Crippen LogP contribution in [0.1, 0.15) is 38.2 Å². The summed E-state index contributed by atoms with van der Waals surface area (Å²) in [6.45, 7) is 3.25. The Balaban J connectivity index is 1.38. The van der Waals surface area contributed by atoms with Gasteiger partial charge in [0.2, 0.25) is 5.91 Å². The zero-order valence-corrected chi connectivity index (χ0v) is 18.1. The normalized spacial score (nSPS) is 16.2. The highest BCUT2D eigenvalue weighted by Gasteiger charge is 2.28. The molecule has 166 valence electrons. The van der Waals surface area contributed by atoms with Gasteiger partial charge < -0.3 is 19.8 Å². The SMILES string of the molecule is Cc1cccn2cc(C(=O)N3CCO[C@@H](c4cccc(-c5cccc(C(N)=O)c5)n4)C3)nc12. The summed E-state index contributed by atoms with van der Waals surface area (Å²) in [5, 5.41) is 0. The Morgan fingerprint density at radius 1 is 1.09 bits per heavy atom. The average molecular weight is 441 g/mol. The van der Waals surface area contributed by atoms with Gasteiger partial charge in [0.05, 0.1) is 24.5 Å². The number of rotatable bonds is 4. The molecule has 2 N–H and O–H groups in total. The van der Waals surface area contributed by atoms with Crippen LogP contribution >= 0.6 is 0 Å². The molecule has 1 atom stereocenters. The third kappa shape index (κ3) is 4.08. The molecule has 8 nitrogen and oxygen atoms in total. The van der Waals surface area contributed by atoms with E-state index in [0.29, 0.717) is 36.6 Å². The molecule has 0 radical (unpaired) electrons. The minimum absolute atomic E-state index is 0.128. The molecule has 3 aromatic heterocycles. The molecule has 0 spiro atoms. The Bertz CT molecular complexity index is 1360. The molecule has 1 aliphatic rings. The fourth-order valence-corrected chi connectivity index (χ4v) is 4.05. The first-order valence-electron chi connectivity index (χ1n) is 10.7. The number of aryl methyl sites for hydroxylation is 1. The Hall–Kier alpha value is -4.04. The first kappa shape index (κ1) is 20.8. The van der Waals surface area contributed by atoms with Crippen molar-refractivity contribution in [2.75, 3.05) is 19.7 Å². The van der Waals surface area contributed by atoms with E-state index >= 15 is 0 Å². The molecule has 1 saturated heterocycles. The summed E-state index contributed by atoms with van der Waals surface area (Å²) < 4.78 is 7.82. The highest BCUT2D eigenvalue weighted by molar-refractivity contribution is 5.94. The predicted octanol–water partition coefficient (Wildman–Crippen LogP) is 3.02. The molecule has 1 fully saturated rings. The van der Waals surface area contributed by atoms with Crippen molar-refractivity contribution >= 4 is 17.5 Å². The van der Waals surface area contributed by atoms with E-state index in [2.05, 4.69) is 4.98 Å². The lowest BCUT2D eigenvalue weighted by Crippen LogP contribution is -2.42. The van der Waals surface area contributed by atoms with Gasteiger partial charge in [-0.05, 0) is 42.8 Å². The lowest BCUT2D eigenvalue weighted by Gasteiger charge is -2.32. The Kier molecular flexibility index (Phi) is 5.35. The smallest absolute Gasteiger partial charge is 0.274 e. The summed E-state index contributed by atoms with van der Waals surface area (Å²) in [6, 6.07) is 16.6. The molecule has 0 bridgehead atoms. The quantitative estimate of drug-likeness (QED) is 0.524. The summed E-state index contributed by atoms with van der Waals surface area (Å²) in [4.78, 5) is 35.7. The topological polar surface area (TPSA) is 103 Å². The van der Waals surface area contributed by atoms with Crippen LogP contribution in [0.15, 0.2) is 67.0 Å². The number of imidazole rings is 1. The molecule has 4 aromatic rings. The van der Waals surface area contributed by atoms with Crippen molar-refractivity contribution in [1.29, 1.82) is 0 Å². The van der Waals surface area contributed by atoms with Crippen LogP contribution < -0.4 is 5.73 Å². The van der Waals surface area contributed by atoms with Crippen molar-refractivity contribution in [3.05, 3.63) is 89.5 Å². The van der Waals surface area contributed by atoms with Crippen molar-refractivity contribution in [2.24, 2.45) is 5.73 Å². The van der Waals surface area contributed by atoms with Gasteiger partial charge in [-0.15, -0.1) is 0 Å². The maximum Gasteiger partial charge on any atom is 0.274 e. The third-order valence-corrected chi connectivity index (χ3v) is 5.79. The number of carbonyl (C=O) groups excluding carboxylic acids is 2. The number of aromatic nitrogens is 3. The molecule has 0 aliphatic carbocycles. The predicted molar refractivity (Wildman–Crippen MR) is 123 cm³/mol. The Morgan fingerprint density at radius 2 is 1.94 bits per heavy atom. The second kappa shape index (κ2) is 8.48. The van der Waals surface area contributed by atoms with Crippen molar-refractivity contribution in [3.63, 3.8) is 0 Å². The molecule has 1 aliphatic heterocycles. The number of morpholine rings is 1. The van der Waals surface area contributed by atoms with Crippen LogP contribution in [0.25, 0.3) is 16.9 Å². The van der Waals surface area contributed by atoms with E-state index in [9.17, 15) is 9.59 Å².